The number of nitrogens with zero attached hydrogens (tertiary/aromatic N) is 3. The number of rotatable bonds is 6. The molecule has 1 aromatic carbocycles. The Labute approximate surface area is 170 Å². The summed E-state index contributed by atoms with van der Waals surface area (Å²) in [4.78, 5) is 18.2. The van der Waals surface area contributed by atoms with Gasteiger partial charge in [0.1, 0.15) is 5.54 Å². The van der Waals surface area contributed by atoms with Gasteiger partial charge in [-0.15, -0.1) is 0 Å². The largest absolute Gasteiger partial charge is 0.480 e. The number of benzene rings is 1. The number of pyridine rings is 1. The Morgan fingerprint density at radius 3 is 2.31 bits per heavy atom. The van der Waals surface area contributed by atoms with E-state index in [1.165, 1.54) is 4.31 Å². The lowest BCUT2D eigenvalue weighted by molar-refractivity contribution is -0.140. The third-order valence-corrected chi connectivity index (χ3v) is 7.66. The highest BCUT2D eigenvalue weighted by Crippen LogP contribution is 2.57. The Bertz CT molecular complexity index is 978. The fourth-order valence-electron chi connectivity index (χ4n) is 4.32. The van der Waals surface area contributed by atoms with E-state index < -0.39 is 27.6 Å². The van der Waals surface area contributed by atoms with Crippen LogP contribution >= 0.6 is 0 Å². The Kier molecular flexibility index (Phi) is 5.05. The van der Waals surface area contributed by atoms with Gasteiger partial charge in [-0.05, 0) is 23.6 Å². The highest BCUT2D eigenvalue weighted by molar-refractivity contribution is 7.87. The van der Waals surface area contributed by atoms with Crippen molar-refractivity contribution in [1.29, 1.82) is 0 Å². The molecule has 8 nitrogen and oxygen atoms in total. The van der Waals surface area contributed by atoms with Gasteiger partial charge in [-0.1, -0.05) is 37.3 Å². The van der Waals surface area contributed by atoms with E-state index in [4.69, 9.17) is 0 Å². The van der Waals surface area contributed by atoms with Gasteiger partial charge >= 0.3 is 5.97 Å². The molecule has 2 aromatic rings. The molecule has 1 aromatic heterocycles. The van der Waals surface area contributed by atoms with E-state index in [0.29, 0.717) is 13.1 Å². The van der Waals surface area contributed by atoms with Crippen LogP contribution in [-0.2, 0) is 15.0 Å². The molecule has 0 bridgehead atoms. The van der Waals surface area contributed by atoms with E-state index >= 15 is 0 Å². The zero-order valence-corrected chi connectivity index (χ0v) is 16.9. The maximum atomic E-state index is 13.0. The third kappa shape index (κ3) is 3.50. The molecular formula is C20H24N4O4S. The second-order valence-electron chi connectivity index (χ2n) is 7.55. The lowest BCUT2D eigenvalue weighted by Gasteiger charge is -2.35. The molecule has 1 saturated carbocycles. The second kappa shape index (κ2) is 7.40. The summed E-state index contributed by atoms with van der Waals surface area (Å²) in [6.45, 7) is 3.41. The Morgan fingerprint density at radius 2 is 1.72 bits per heavy atom. The van der Waals surface area contributed by atoms with Gasteiger partial charge in [0.2, 0.25) is 0 Å². The van der Waals surface area contributed by atoms with E-state index in [2.05, 4.69) is 14.6 Å². The first kappa shape index (κ1) is 19.8. The summed E-state index contributed by atoms with van der Waals surface area (Å²) >= 11 is 0. The molecule has 3 atom stereocenters. The van der Waals surface area contributed by atoms with Gasteiger partial charge in [0.25, 0.3) is 10.2 Å². The summed E-state index contributed by atoms with van der Waals surface area (Å²) in [6.07, 6.45) is 3.41. The molecule has 0 amide bonds. The van der Waals surface area contributed by atoms with Crippen LogP contribution < -0.4 is 9.62 Å². The number of piperazine rings is 1. The Balaban J connectivity index is 1.49. The predicted octanol–water partition coefficient (Wildman–Crippen LogP) is 1.29. The summed E-state index contributed by atoms with van der Waals surface area (Å²) in [5.41, 5.74) is 0.308. The molecule has 4 rings (SSSR count). The summed E-state index contributed by atoms with van der Waals surface area (Å²) in [7, 11) is -3.94. The number of hydrogen-bond acceptors (Lipinski definition) is 5. The minimum Gasteiger partial charge on any atom is -0.480 e. The fraction of sp³-hybridized carbons (Fsp3) is 0.400. The molecule has 154 valence electrons. The highest BCUT2D eigenvalue weighted by Gasteiger charge is 2.70. The molecule has 2 heterocycles. The molecule has 0 spiro atoms. The van der Waals surface area contributed by atoms with E-state index in [0.717, 1.165) is 11.3 Å². The highest BCUT2D eigenvalue weighted by atomic mass is 32.2. The van der Waals surface area contributed by atoms with Crippen LogP contribution in [0.15, 0.2) is 54.9 Å². The molecular weight excluding hydrogens is 392 g/mol. The molecule has 2 N–H and O–H groups in total. The predicted molar refractivity (Wildman–Crippen MR) is 109 cm³/mol. The zero-order valence-electron chi connectivity index (χ0n) is 16.1. The normalized spacial score (nSPS) is 27.6. The average Bonchev–Trinajstić information content (AvgIpc) is 3.33. The number of aliphatic carboxylic acids is 1. The van der Waals surface area contributed by atoms with Gasteiger partial charge in [0, 0.05) is 50.2 Å². The number of anilines is 1. The third-order valence-electron chi connectivity index (χ3n) is 6.02. The van der Waals surface area contributed by atoms with Crippen LogP contribution in [0.25, 0.3) is 0 Å². The van der Waals surface area contributed by atoms with E-state index in [1.54, 1.807) is 19.3 Å². The molecule has 0 unspecified atom stereocenters. The summed E-state index contributed by atoms with van der Waals surface area (Å²) in [5.74, 6) is -1.87. The van der Waals surface area contributed by atoms with Crippen molar-refractivity contribution in [3.63, 3.8) is 0 Å². The first-order valence-electron chi connectivity index (χ1n) is 9.58. The average molecular weight is 417 g/mol. The van der Waals surface area contributed by atoms with Crippen molar-refractivity contribution in [2.24, 2.45) is 5.92 Å². The maximum Gasteiger partial charge on any atom is 0.325 e. The first-order chi connectivity index (χ1) is 13.9. The maximum absolute atomic E-state index is 13.0. The lowest BCUT2D eigenvalue weighted by atomic mass is 10.1. The van der Waals surface area contributed by atoms with Crippen LogP contribution in [-0.4, -0.2) is 60.5 Å². The van der Waals surface area contributed by atoms with Gasteiger partial charge < -0.3 is 10.0 Å². The molecule has 9 heteroatoms. The molecule has 1 aliphatic carbocycles. The van der Waals surface area contributed by atoms with Crippen molar-refractivity contribution in [3.05, 3.63) is 60.4 Å². The standard InChI is InChI=1S/C20H24N4O4S/c1-15-18(16-5-3-2-4-6-16)20(15,19(25)26)22-29(27,28)24-13-11-23(12-14-24)17-7-9-21-10-8-17/h2-10,15,18,22H,11-14H2,1H3,(H,25,26)/t15-,18-,20+/m1/s1. The first-order valence-corrected chi connectivity index (χ1v) is 11.0. The van der Waals surface area contributed by atoms with Crippen LogP contribution in [0.4, 0.5) is 5.69 Å². The van der Waals surface area contributed by atoms with Gasteiger partial charge in [0.15, 0.2) is 0 Å². The van der Waals surface area contributed by atoms with Gasteiger partial charge in [-0.3, -0.25) is 9.78 Å². The molecule has 2 aliphatic rings. The monoisotopic (exact) mass is 416 g/mol. The van der Waals surface area contributed by atoms with Crippen LogP contribution in [0, 0.1) is 5.92 Å². The minimum atomic E-state index is -3.94. The molecule has 29 heavy (non-hydrogen) atoms. The second-order valence-corrected chi connectivity index (χ2v) is 9.22. The van der Waals surface area contributed by atoms with Crippen LogP contribution in [0.5, 0.6) is 0 Å². The van der Waals surface area contributed by atoms with Crippen LogP contribution in [0.2, 0.25) is 0 Å². The van der Waals surface area contributed by atoms with Gasteiger partial charge in [-0.25, -0.2) is 0 Å². The van der Waals surface area contributed by atoms with Crippen LogP contribution in [0.1, 0.15) is 18.4 Å². The zero-order chi connectivity index (χ0) is 20.6. The molecule has 0 radical (unpaired) electrons. The summed E-state index contributed by atoms with van der Waals surface area (Å²) in [5, 5.41) is 9.90. The van der Waals surface area contributed by atoms with Crippen molar-refractivity contribution in [1.82, 2.24) is 14.0 Å². The minimum absolute atomic E-state index is 0.289. The smallest absolute Gasteiger partial charge is 0.325 e. The Morgan fingerprint density at radius 1 is 1.10 bits per heavy atom. The van der Waals surface area contributed by atoms with Crippen molar-refractivity contribution in [2.45, 2.75) is 18.4 Å². The molecule has 1 aliphatic heterocycles. The number of hydrogen-bond donors (Lipinski definition) is 2. The molecule has 2 fully saturated rings. The quantitative estimate of drug-likeness (QED) is 0.736. The lowest BCUT2D eigenvalue weighted by Crippen LogP contribution is -2.56. The SMILES string of the molecule is C[C@@H]1[C@H](c2ccccc2)[C@]1(NS(=O)(=O)N1CCN(c2ccncc2)CC1)C(=O)O. The van der Waals surface area contributed by atoms with Crippen LogP contribution in [0.3, 0.4) is 0 Å². The number of nitrogens with one attached hydrogen (secondary N) is 1. The van der Waals surface area contributed by atoms with Crippen molar-refractivity contribution < 1.29 is 18.3 Å². The van der Waals surface area contributed by atoms with Gasteiger partial charge in [0.05, 0.1) is 0 Å². The van der Waals surface area contributed by atoms with Gasteiger partial charge in [-0.2, -0.15) is 17.4 Å². The summed E-state index contributed by atoms with van der Waals surface area (Å²) < 4.78 is 29.9. The van der Waals surface area contributed by atoms with E-state index in [1.807, 2.05) is 42.5 Å². The van der Waals surface area contributed by atoms with Crippen molar-refractivity contribution in [2.75, 3.05) is 31.1 Å². The number of aromatic nitrogens is 1. The molecule has 1 saturated heterocycles. The van der Waals surface area contributed by atoms with Crippen molar-refractivity contribution in [3.8, 4) is 0 Å². The van der Waals surface area contributed by atoms with E-state index in [-0.39, 0.29) is 19.0 Å². The Hall–Kier alpha value is -2.49. The fourth-order valence-corrected chi connectivity index (χ4v) is 5.92. The van der Waals surface area contributed by atoms with E-state index in [9.17, 15) is 18.3 Å². The number of carboxylic acid groups (broad SMARTS) is 1. The number of carboxylic acids is 1. The topological polar surface area (TPSA) is 103 Å². The van der Waals surface area contributed by atoms with Crippen molar-refractivity contribution >= 4 is 21.9 Å². The summed E-state index contributed by atoms with van der Waals surface area (Å²) in [6, 6.07) is 13.0. The number of carbonyl (C=O) groups is 1.